The molecule has 2 aromatic carbocycles. The fourth-order valence-corrected chi connectivity index (χ4v) is 4.78. The molecule has 0 bridgehead atoms. The smallest absolute Gasteiger partial charge is 0.434 e. The molecule has 44 heavy (non-hydrogen) atoms. The molecule has 1 saturated heterocycles. The van der Waals surface area contributed by atoms with Crippen molar-refractivity contribution in [3.8, 4) is 17.1 Å². The summed E-state index contributed by atoms with van der Waals surface area (Å²) in [5.41, 5.74) is -0.987. The molecule has 1 aromatic heterocycles. The van der Waals surface area contributed by atoms with Crippen LogP contribution in [0.25, 0.3) is 17.5 Å². The SMILES string of the molecule is CC(C)(C)OC(=O)NC(=NC(=O)O)N1CCCC1c1nc(-c2ccc(OC/C=C/c3cccc(Br)c3)c(C(F)(F)F)c2)no1. The molecule has 2 N–H and O–H groups in total. The first-order chi connectivity index (χ1) is 20.7. The van der Waals surface area contributed by atoms with Gasteiger partial charge in [0.1, 0.15) is 24.0 Å². The minimum absolute atomic E-state index is 0.00755. The van der Waals surface area contributed by atoms with Crippen LogP contribution in [-0.2, 0) is 10.9 Å². The van der Waals surface area contributed by atoms with E-state index >= 15 is 0 Å². The summed E-state index contributed by atoms with van der Waals surface area (Å²) in [5, 5.41) is 15.5. The molecule has 0 spiro atoms. The number of rotatable bonds is 6. The van der Waals surface area contributed by atoms with Crippen molar-refractivity contribution < 1.29 is 41.9 Å². The number of benzene rings is 2. The first-order valence-corrected chi connectivity index (χ1v) is 14.2. The van der Waals surface area contributed by atoms with Gasteiger partial charge in [0.05, 0.1) is 5.56 Å². The minimum Gasteiger partial charge on any atom is -0.489 e. The maximum Gasteiger partial charge on any atom is 0.434 e. The number of likely N-dealkylation sites (tertiary alicyclic amines) is 1. The third kappa shape index (κ3) is 8.81. The number of aliphatic imine (C=N–C) groups is 1. The van der Waals surface area contributed by atoms with Crippen molar-refractivity contribution in [2.75, 3.05) is 13.2 Å². The summed E-state index contributed by atoms with van der Waals surface area (Å²) in [6.45, 7) is 5.11. The Labute approximate surface area is 258 Å². The van der Waals surface area contributed by atoms with Crippen LogP contribution in [0.2, 0.25) is 0 Å². The van der Waals surface area contributed by atoms with E-state index < -0.39 is 35.6 Å². The molecule has 1 aliphatic rings. The first kappa shape index (κ1) is 32.5. The second-order valence-electron chi connectivity index (χ2n) is 10.6. The van der Waals surface area contributed by atoms with Crippen LogP contribution in [0.3, 0.4) is 0 Å². The van der Waals surface area contributed by atoms with Crippen molar-refractivity contribution in [1.29, 1.82) is 0 Å². The predicted molar refractivity (Wildman–Crippen MR) is 157 cm³/mol. The maximum absolute atomic E-state index is 14.0. The van der Waals surface area contributed by atoms with Crippen LogP contribution in [0, 0.1) is 0 Å². The highest BCUT2D eigenvalue weighted by Gasteiger charge is 2.37. The highest BCUT2D eigenvalue weighted by Crippen LogP contribution is 2.39. The number of alkyl halides is 3. The number of hydrogen-bond acceptors (Lipinski definition) is 7. The molecule has 0 radical (unpaired) electrons. The molecular weight excluding hydrogens is 651 g/mol. The number of carboxylic acid groups (broad SMARTS) is 1. The molecule has 1 aliphatic heterocycles. The van der Waals surface area contributed by atoms with E-state index in [4.69, 9.17) is 14.0 Å². The lowest BCUT2D eigenvalue weighted by Gasteiger charge is -2.26. The summed E-state index contributed by atoms with van der Waals surface area (Å²) in [5.74, 6) is -0.777. The van der Waals surface area contributed by atoms with Crippen molar-refractivity contribution in [3.63, 3.8) is 0 Å². The Bertz CT molecular complexity index is 1570. The number of aromatic nitrogens is 2. The van der Waals surface area contributed by atoms with Crippen LogP contribution in [0.1, 0.15) is 56.7 Å². The zero-order valence-electron chi connectivity index (χ0n) is 23.9. The molecule has 15 heteroatoms. The summed E-state index contributed by atoms with van der Waals surface area (Å²) in [6.07, 6.45) is -2.90. The van der Waals surface area contributed by atoms with Crippen molar-refractivity contribution in [1.82, 2.24) is 20.4 Å². The molecule has 2 heterocycles. The number of alkyl carbamates (subject to hydrolysis) is 1. The number of guanidine groups is 1. The van der Waals surface area contributed by atoms with Crippen molar-refractivity contribution >= 4 is 40.2 Å². The van der Waals surface area contributed by atoms with E-state index in [1.807, 2.05) is 24.3 Å². The third-order valence-corrected chi connectivity index (χ3v) is 6.60. The van der Waals surface area contributed by atoms with Crippen LogP contribution in [0.4, 0.5) is 22.8 Å². The van der Waals surface area contributed by atoms with Gasteiger partial charge in [-0.1, -0.05) is 39.3 Å². The number of nitrogens with one attached hydrogen (secondary N) is 1. The van der Waals surface area contributed by atoms with E-state index in [9.17, 15) is 27.9 Å². The number of carbonyl (C=O) groups excluding carboxylic acids is 1. The van der Waals surface area contributed by atoms with Gasteiger partial charge in [0, 0.05) is 16.6 Å². The monoisotopic (exact) mass is 679 g/mol. The van der Waals surface area contributed by atoms with Crippen molar-refractivity contribution in [2.24, 2.45) is 4.99 Å². The van der Waals surface area contributed by atoms with E-state index in [1.165, 1.54) is 17.0 Å². The number of hydrogen-bond donors (Lipinski definition) is 2. The molecule has 4 rings (SSSR count). The normalized spacial score (nSPS) is 15.9. The lowest BCUT2D eigenvalue weighted by molar-refractivity contribution is -0.138. The molecule has 2 amide bonds. The van der Waals surface area contributed by atoms with E-state index in [0.717, 1.165) is 16.1 Å². The third-order valence-electron chi connectivity index (χ3n) is 6.10. The Morgan fingerprint density at radius 2 is 2.00 bits per heavy atom. The second kappa shape index (κ2) is 13.5. The standard InChI is InChI=1S/C29H29BrF3N5O6/c1-28(2,3)43-27(41)36-25(35-26(39)40)38-13-5-10-21(38)24-34-23(37-44-24)18-11-12-22(20(16-18)29(31,32)33)42-14-6-8-17-7-4-9-19(30)15-17/h4,6-9,11-12,15-16,21H,5,10,13-14H2,1-3H3,(H,39,40)(H,35,36,41)/b8-6+. The Morgan fingerprint density at radius 1 is 1.23 bits per heavy atom. The van der Waals surface area contributed by atoms with E-state index in [0.29, 0.717) is 12.8 Å². The van der Waals surface area contributed by atoms with Gasteiger partial charge in [-0.3, -0.25) is 5.32 Å². The van der Waals surface area contributed by atoms with Crippen LogP contribution >= 0.6 is 15.9 Å². The molecule has 1 atom stereocenters. The zero-order valence-corrected chi connectivity index (χ0v) is 25.5. The number of amides is 2. The van der Waals surface area contributed by atoms with E-state index in [1.54, 1.807) is 32.9 Å². The molecule has 234 valence electrons. The van der Waals surface area contributed by atoms with Gasteiger partial charge in [-0.25, -0.2) is 9.59 Å². The largest absolute Gasteiger partial charge is 0.489 e. The molecule has 0 aliphatic carbocycles. The predicted octanol–water partition coefficient (Wildman–Crippen LogP) is 7.31. The van der Waals surface area contributed by atoms with E-state index in [-0.39, 0.29) is 42.1 Å². The van der Waals surface area contributed by atoms with Crippen LogP contribution < -0.4 is 10.1 Å². The van der Waals surface area contributed by atoms with Crippen LogP contribution in [0.15, 0.2) is 62.5 Å². The topological polar surface area (TPSA) is 139 Å². The Kier molecular flexibility index (Phi) is 9.97. The molecule has 1 fully saturated rings. The summed E-state index contributed by atoms with van der Waals surface area (Å²) < 4.78 is 58.8. The average molecular weight is 680 g/mol. The van der Waals surface area contributed by atoms with Gasteiger partial charge in [0.2, 0.25) is 17.7 Å². The lowest BCUT2D eigenvalue weighted by Crippen LogP contribution is -2.46. The fourth-order valence-electron chi connectivity index (χ4n) is 4.36. The zero-order chi connectivity index (χ0) is 32.1. The van der Waals surface area contributed by atoms with Gasteiger partial charge >= 0.3 is 18.4 Å². The highest BCUT2D eigenvalue weighted by molar-refractivity contribution is 9.10. The van der Waals surface area contributed by atoms with Gasteiger partial charge in [0.25, 0.3) is 0 Å². The van der Waals surface area contributed by atoms with E-state index in [2.05, 4.69) is 36.4 Å². The summed E-state index contributed by atoms with van der Waals surface area (Å²) in [6, 6.07) is 10.1. The lowest BCUT2D eigenvalue weighted by atomic mass is 10.1. The Morgan fingerprint density at radius 3 is 2.68 bits per heavy atom. The molecule has 1 unspecified atom stereocenters. The van der Waals surface area contributed by atoms with Crippen LogP contribution in [0.5, 0.6) is 5.75 Å². The van der Waals surface area contributed by atoms with Gasteiger partial charge < -0.3 is 24.0 Å². The number of halogens is 4. The van der Waals surface area contributed by atoms with Crippen molar-refractivity contribution in [2.45, 2.75) is 51.4 Å². The first-order valence-electron chi connectivity index (χ1n) is 13.4. The number of nitrogens with zero attached hydrogens (tertiary/aromatic N) is 4. The molecule has 0 saturated carbocycles. The second-order valence-corrected chi connectivity index (χ2v) is 11.5. The minimum atomic E-state index is -4.73. The maximum atomic E-state index is 14.0. The Hall–Kier alpha value is -4.40. The van der Waals surface area contributed by atoms with Gasteiger partial charge in [-0.15, -0.1) is 4.99 Å². The van der Waals surface area contributed by atoms with Crippen LogP contribution in [-0.4, -0.2) is 57.0 Å². The average Bonchev–Trinajstić information content (AvgIpc) is 3.59. The Balaban J connectivity index is 1.53. The summed E-state index contributed by atoms with van der Waals surface area (Å²) in [4.78, 5) is 33.0. The molecule has 11 nitrogen and oxygen atoms in total. The van der Waals surface area contributed by atoms with Gasteiger partial charge in [0.15, 0.2) is 0 Å². The quantitative estimate of drug-likeness (QED) is 0.203. The fraction of sp³-hybridized carbons (Fsp3) is 0.345. The number of ether oxygens (including phenoxy) is 2. The summed E-state index contributed by atoms with van der Waals surface area (Å²) >= 11 is 3.36. The molecular formula is C29H29BrF3N5O6. The van der Waals surface area contributed by atoms with Gasteiger partial charge in [-0.05, 0) is 75.6 Å². The summed E-state index contributed by atoms with van der Waals surface area (Å²) in [7, 11) is 0. The number of carbonyl (C=O) groups is 2. The molecule has 3 aromatic rings. The highest BCUT2D eigenvalue weighted by atomic mass is 79.9. The van der Waals surface area contributed by atoms with Gasteiger partial charge in [-0.2, -0.15) is 18.2 Å². The van der Waals surface area contributed by atoms with Crippen molar-refractivity contribution in [3.05, 3.63) is 70.0 Å².